The van der Waals surface area contributed by atoms with Crippen LogP contribution in [0, 0.1) is 17.0 Å². The van der Waals surface area contributed by atoms with Gasteiger partial charge in [-0.05, 0) is 4.92 Å². The fourth-order valence-corrected chi connectivity index (χ4v) is 2.33. The SMILES string of the molecule is Cc1ncc([N+](=O)[O-])n1CCOCn1cc(COCCOCCOCCF)nn1. The van der Waals surface area contributed by atoms with E-state index in [4.69, 9.17) is 18.9 Å². The molecule has 0 aromatic carbocycles. The first kappa shape index (κ1) is 22.8. The van der Waals surface area contributed by atoms with E-state index in [1.54, 1.807) is 13.1 Å². The normalized spacial score (nSPS) is 11.2. The first-order valence-electron chi connectivity index (χ1n) is 9.04. The van der Waals surface area contributed by atoms with E-state index in [0.717, 1.165) is 0 Å². The molecule has 0 radical (unpaired) electrons. The maximum Gasteiger partial charge on any atom is 0.342 e. The first-order chi connectivity index (χ1) is 14.1. The zero-order valence-electron chi connectivity index (χ0n) is 16.2. The molecule has 0 aliphatic rings. The van der Waals surface area contributed by atoms with Gasteiger partial charge in [-0.3, -0.25) is 0 Å². The molecule has 0 aliphatic carbocycles. The van der Waals surface area contributed by atoms with E-state index in [0.29, 0.717) is 44.5 Å². The number of rotatable bonds is 16. The number of nitrogens with zero attached hydrogens (tertiary/aromatic N) is 6. The van der Waals surface area contributed by atoms with Crippen LogP contribution in [-0.4, -0.2) is 75.8 Å². The first-order valence-corrected chi connectivity index (χ1v) is 9.04. The highest BCUT2D eigenvalue weighted by molar-refractivity contribution is 5.18. The van der Waals surface area contributed by atoms with Gasteiger partial charge in [-0.15, -0.1) is 5.10 Å². The Labute approximate surface area is 166 Å². The van der Waals surface area contributed by atoms with Gasteiger partial charge in [-0.1, -0.05) is 5.21 Å². The molecule has 2 heterocycles. The summed E-state index contributed by atoms with van der Waals surface area (Å²) in [7, 11) is 0. The largest absolute Gasteiger partial charge is 0.377 e. The Morgan fingerprint density at radius 2 is 1.83 bits per heavy atom. The van der Waals surface area contributed by atoms with E-state index in [1.807, 2.05) is 0 Å². The third kappa shape index (κ3) is 8.19. The quantitative estimate of drug-likeness (QED) is 0.222. The van der Waals surface area contributed by atoms with E-state index < -0.39 is 11.6 Å². The Morgan fingerprint density at radius 1 is 1.10 bits per heavy atom. The molecular weight excluding hydrogens is 391 g/mol. The lowest BCUT2D eigenvalue weighted by Gasteiger charge is -2.05. The number of hydrogen-bond donors (Lipinski definition) is 0. The molecule has 0 spiro atoms. The maximum absolute atomic E-state index is 11.8. The summed E-state index contributed by atoms with van der Waals surface area (Å²) in [6.07, 6.45) is 2.92. The van der Waals surface area contributed by atoms with Gasteiger partial charge in [0, 0.05) is 6.92 Å². The van der Waals surface area contributed by atoms with Gasteiger partial charge >= 0.3 is 5.82 Å². The molecule has 0 atom stereocenters. The standard InChI is InChI=1S/C16H25FN6O6/c1-14-18-10-16(23(24)25)22(14)3-5-29-13-21-11-15(19-20-21)12-28-9-8-27-7-6-26-4-2-17/h10-11H,2-9,12-13H2,1H3. The molecule has 0 unspecified atom stereocenters. The van der Waals surface area contributed by atoms with Crippen molar-refractivity contribution in [3.8, 4) is 0 Å². The van der Waals surface area contributed by atoms with Gasteiger partial charge < -0.3 is 29.1 Å². The molecule has 29 heavy (non-hydrogen) atoms. The van der Waals surface area contributed by atoms with Crippen LogP contribution in [0.4, 0.5) is 10.2 Å². The molecule has 0 fully saturated rings. The van der Waals surface area contributed by atoms with Gasteiger partial charge in [0.15, 0.2) is 5.82 Å². The van der Waals surface area contributed by atoms with Crippen LogP contribution in [0.25, 0.3) is 0 Å². The van der Waals surface area contributed by atoms with Crippen molar-refractivity contribution >= 4 is 5.82 Å². The minimum absolute atomic E-state index is 0.0671. The van der Waals surface area contributed by atoms with E-state index in [2.05, 4.69) is 15.3 Å². The molecular formula is C16H25FN6O6. The van der Waals surface area contributed by atoms with E-state index in [-0.39, 0.29) is 32.4 Å². The molecule has 0 saturated heterocycles. The number of hydrogen-bond acceptors (Lipinski definition) is 9. The lowest BCUT2D eigenvalue weighted by Crippen LogP contribution is -2.12. The summed E-state index contributed by atoms with van der Waals surface area (Å²) in [4.78, 5) is 14.4. The highest BCUT2D eigenvalue weighted by atomic mass is 19.1. The molecule has 0 aliphatic heterocycles. The maximum atomic E-state index is 11.8. The van der Waals surface area contributed by atoms with Gasteiger partial charge in [-0.25, -0.2) is 18.6 Å². The number of alkyl halides is 1. The van der Waals surface area contributed by atoms with Crippen LogP contribution in [-0.2, 0) is 38.8 Å². The summed E-state index contributed by atoms with van der Waals surface area (Å²) >= 11 is 0. The average molecular weight is 416 g/mol. The van der Waals surface area contributed by atoms with Crippen LogP contribution in [0.3, 0.4) is 0 Å². The van der Waals surface area contributed by atoms with E-state index >= 15 is 0 Å². The molecule has 0 saturated carbocycles. The lowest BCUT2D eigenvalue weighted by molar-refractivity contribution is -0.392. The van der Waals surface area contributed by atoms with E-state index in [9.17, 15) is 14.5 Å². The molecule has 0 amide bonds. The van der Waals surface area contributed by atoms with Crippen molar-refractivity contribution in [3.05, 3.63) is 34.0 Å². The van der Waals surface area contributed by atoms with Crippen molar-refractivity contribution < 1.29 is 28.3 Å². The Balaban J connectivity index is 1.56. The summed E-state index contributed by atoms with van der Waals surface area (Å²) in [6.45, 7) is 3.82. The predicted molar refractivity (Wildman–Crippen MR) is 96.9 cm³/mol. The Kier molecular flexibility index (Phi) is 10.1. The van der Waals surface area contributed by atoms with Gasteiger partial charge in [0.2, 0.25) is 0 Å². The highest BCUT2D eigenvalue weighted by Gasteiger charge is 2.16. The summed E-state index contributed by atoms with van der Waals surface area (Å²) in [5, 5.41) is 18.8. The number of aryl methyl sites for hydroxylation is 1. The third-order valence-electron chi connectivity index (χ3n) is 3.71. The molecule has 0 N–H and O–H groups in total. The number of ether oxygens (including phenoxy) is 4. The van der Waals surface area contributed by atoms with Crippen LogP contribution in [0.1, 0.15) is 11.5 Å². The second-order valence-corrected chi connectivity index (χ2v) is 5.83. The van der Waals surface area contributed by atoms with Gasteiger partial charge in [0.05, 0.1) is 52.4 Å². The monoisotopic (exact) mass is 416 g/mol. The van der Waals surface area contributed by atoms with Crippen LogP contribution in [0.5, 0.6) is 0 Å². The fraction of sp³-hybridized carbons (Fsp3) is 0.688. The summed E-state index contributed by atoms with van der Waals surface area (Å²) in [5.41, 5.74) is 0.640. The van der Waals surface area contributed by atoms with Crippen molar-refractivity contribution in [1.29, 1.82) is 0 Å². The van der Waals surface area contributed by atoms with Crippen LogP contribution in [0.2, 0.25) is 0 Å². The fourth-order valence-electron chi connectivity index (χ4n) is 2.33. The van der Waals surface area contributed by atoms with Crippen LogP contribution >= 0.6 is 0 Å². The summed E-state index contributed by atoms with van der Waals surface area (Å²) < 4.78 is 35.9. The summed E-state index contributed by atoms with van der Waals surface area (Å²) in [6, 6.07) is 0. The molecule has 0 bridgehead atoms. The lowest BCUT2D eigenvalue weighted by atomic mass is 10.5. The smallest absolute Gasteiger partial charge is 0.342 e. The molecule has 2 rings (SSSR count). The molecule has 2 aromatic heterocycles. The van der Waals surface area contributed by atoms with Crippen LogP contribution in [0.15, 0.2) is 12.4 Å². The summed E-state index contributed by atoms with van der Waals surface area (Å²) in [5.74, 6) is 0.485. The number of halogens is 1. The zero-order valence-corrected chi connectivity index (χ0v) is 16.2. The van der Waals surface area contributed by atoms with Crippen molar-refractivity contribution in [2.45, 2.75) is 26.8 Å². The molecule has 13 heteroatoms. The zero-order chi connectivity index (χ0) is 20.9. The Hall–Kier alpha value is -2.48. The van der Waals surface area contributed by atoms with Gasteiger partial charge in [0.25, 0.3) is 0 Å². The second kappa shape index (κ2) is 12.9. The molecule has 2 aromatic rings. The van der Waals surface area contributed by atoms with E-state index in [1.165, 1.54) is 15.4 Å². The topological polar surface area (TPSA) is 129 Å². The second-order valence-electron chi connectivity index (χ2n) is 5.83. The van der Waals surface area contributed by atoms with Crippen LogP contribution < -0.4 is 0 Å². The number of imidazole rings is 1. The highest BCUT2D eigenvalue weighted by Crippen LogP contribution is 2.13. The number of nitro groups is 1. The van der Waals surface area contributed by atoms with Gasteiger partial charge in [0.1, 0.15) is 31.8 Å². The Morgan fingerprint density at radius 3 is 2.55 bits per heavy atom. The van der Waals surface area contributed by atoms with Crippen molar-refractivity contribution in [2.75, 3.05) is 46.3 Å². The van der Waals surface area contributed by atoms with Gasteiger partial charge in [-0.2, -0.15) is 0 Å². The van der Waals surface area contributed by atoms with Crippen molar-refractivity contribution in [1.82, 2.24) is 24.5 Å². The molecule has 162 valence electrons. The predicted octanol–water partition coefficient (Wildman–Crippen LogP) is 0.885. The van der Waals surface area contributed by atoms with Crippen molar-refractivity contribution in [3.63, 3.8) is 0 Å². The van der Waals surface area contributed by atoms with Crippen molar-refractivity contribution in [2.24, 2.45) is 0 Å². The minimum atomic E-state index is -0.498. The number of aromatic nitrogens is 5. The average Bonchev–Trinajstić information content (AvgIpc) is 3.30. The Bertz CT molecular complexity index is 739. The third-order valence-corrected chi connectivity index (χ3v) is 3.71. The minimum Gasteiger partial charge on any atom is -0.377 e. The molecule has 12 nitrogen and oxygen atoms in total.